The Morgan fingerprint density at radius 2 is 1.37 bits per heavy atom. The summed E-state index contributed by atoms with van der Waals surface area (Å²) >= 11 is 8.81. The average Bonchev–Trinajstić information content (AvgIpc) is 3.97. The van der Waals surface area contributed by atoms with Crippen LogP contribution in [0.25, 0.3) is 38.8 Å². The third-order valence-corrected chi connectivity index (χ3v) is 10.8. The number of aromatic nitrogens is 3. The van der Waals surface area contributed by atoms with E-state index in [9.17, 15) is 14.4 Å². The van der Waals surface area contributed by atoms with Gasteiger partial charge in [-0.05, 0) is 62.4 Å². The maximum atomic E-state index is 13.4. The molecule has 0 spiro atoms. The Hall–Kier alpha value is -6.74. The number of anilines is 1. The molecule has 0 unspecified atom stereocenters. The van der Waals surface area contributed by atoms with E-state index in [1.165, 1.54) is 49.0 Å². The van der Waals surface area contributed by atoms with Crippen LogP contribution in [0.4, 0.5) is 5.69 Å². The van der Waals surface area contributed by atoms with Gasteiger partial charge in [0.05, 0.1) is 76.6 Å². The van der Waals surface area contributed by atoms with E-state index in [0.717, 1.165) is 33.2 Å². The normalized spacial score (nSPS) is 10.5. The zero-order valence-electron chi connectivity index (χ0n) is 35.1. The highest BCUT2D eigenvalue weighted by Gasteiger charge is 2.18. The number of hydrogen-bond donors (Lipinski definition) is 1. The number of benzene rings is 4. The SMILES string of the molecule is CO/C=C/C(C)=O.COc1ccc(OC)c(-n2c(C)ccc(-c3nc(-c4ccccc4)cs3)c2=O)c1.COc1ccc(OC)c(NC(=O)Cc2nc(-c3ccc(Cl)cc3)cs2)c1. The van der Waals surface area contributed by atoms with Crippen LogP contribution in [0.5, 0.6) is 23.0 Å². The fourth-order valence-electron chi connectivity index (χ4n) is 5.76. The Kier molecular flexibility index (Phi) is 17.0. The van der Waals surface area contributed by atoms with Crippen LogP contribution in [0.15, 0.2) is 131 Å². The standard InChI is InChI=1S/C23H20N2O3S.C19H17ClN2O3S.C5H8O2/c1-15-9-11-18(22-24-19(14-29-22)16-7-5-4-6-8-16)23(26)25(15)20-13-17(27-2)10-12-21(20)28-3;1-24-14-7-8-17(25-2)15(9-14)21-18(23)10-19-22-16(11-26-19)12-3-5-13(20)6-4-12;1-5(6)3-4-7-2/h4-14H,1-3H3;3-9,11H,10H2,1-2H3,(H,21,23);3-4H,1-2H3/b;;4-3+. The number of methoxy groups -OCH3 is 5. The number of allylic oxidation sites excluding steroid dienone is 1. The number of hydrogen-bond acceptors (Lipinski definition) is 12. The summed E-state index contributed by atoms with van der Waals surface area (Å²) in [6.07, 6.45) is 2.89. The first-order chi connectivity index (χ1) is 30.0. The minimum Gasteiger partial charge on any atom is -0.504 e. The molecule has 0 saturated heterocycles. The first-order valence-electron chi connectivity index (χ1n) is 18.9. The van der Waals surface area contributed by atoms with Crippen LogP contribution in [0.1, 0.15) is 17.6 Å². The molecular formula is C47H45ClN4O8S2. The zero-order valence-corrected chi connectivity index (χ0v) is 37.5. The van der Waals surface area contributed by atoms with Gasteiger partial charge in [-0.2, -0.15) is 0 Å². The maximum absolute atomic E-state index is 13.4. The van der Waals surface area contributed by atoms with Crippen molar-refractivity contribution in [2.24, 2.45) is 0 Å². The Balaban J connectivity index is 0.000000204. The Morgan fingerprint density at radius 1 is 0.742 bits per heavy atom. The van der Waals surface area contributed by atoms with Crippen LogP contribution in [0.2, 0.25) is 5.02 Å². The van der Waals surface area contributed by atoms with Crippen LogP contribution in [-0.4, -0.2) is 61.8 Å². The highest BCUT2D eigenvalue weighted by Crippen LogP contribution is 2.32. The van der Waals surface area contributed by atoms with Gasteiger partial charge in [-0.1, -0.05) is 54.1 Å². The summed E-state index contributed by atoms with van der Waals surface area (Å²) in [7, 11) is 7.80. The molecule has 7 aromatic rings. The van der Waals surface area contributed by atoms with Gasteiger partial charge in [0.15, 0.2) is 5.78 Å². The Bertz CT molecular complexity index is 2680. The predicted molar refractivity (Wildman–Crippen MR) is 248 cm³/mol. The van der Waals surface area contributed by atoms with Crippen molar-refractivity contribution < 1.29 is 33.3 Å². The number of ketones is 1. The van der Waals surface area contributed by atoms with Crippen molar-refractivity contribution in [3.63, 3.8) is 0 Å². The molecule has 12 nitrogen and oxygen atoms in total. The molecule has 0 atom stereocenters. The van der Waals surface area contributed by atoms with Gasteiger partial charge in [0.2, 0.25) is 5.91 Å². The van der Waals surface area contributed by atoms with Crippen molar-refractivity contribution in [2.45, 2.75) is 20.3 Å². The Morgan fingerprint density at radius 3 is 2.00 bits per heavy atom. The second kappa shape index (κ2) is 22.7. The van der Waals surface area contributed by atoms with E-state index in [-0.39, 0.29) is 23.7 Å². The van der Waals surface area contributed by atoms with Gasteiger partial charge >= 0.3 is 0 Å². The van der Waals surface area contributed by atoms with E-state index in [1.54, 1.807) is 69.4 Å². The number of carbonyl (C=O) groups excluding carboxylic acids is 2. The molecule has 0 aliphatic carbocycles. The number of aryl methyl sites for hydroxylation is 1. The summed E-state index contributed by atoms with van der Waals surface area (Å²) in [5, 5.41) is 8.84. The molecule has 0 aliphatic heterocycles. The minimum atomic E-state index is -0.173. The number of halogens is 1. The summed E-state index contributed by atoms with van der Waals surface area (Å²) in [6, 6.07) is 31.8. The highest BCUT2D eigenvalue weighted by atomic mass is 35.5. The lowest BCUT2D eigenvalue weighted by atomic mass is 10.2. The van der Waals surface area contributed by atoms with E-state index in [2.05, 4.69) is 15.0 Å². The lowest BCUT2D eigenvalue weighted by molar-refractivity contribution is -0.115. The largest absolute Gasteiger partial charge is 0.504 e. The van der Waals surface area contributed by atoms with Gasteiger partial charge in [-0.3, -0.25) is 19.0 Å². The number of ether oxygens (including phenoxy) is 5. The number of amides is 1. The second-order valence-corrected chi connectivity index (χ2v) is 15.3. The topological polar surface area (TPSA) is 140 Å². The van der Waals surface area contributed by atoms with E-state index in [1.807, 2.05) is 84.4 Å². The smallest absolute Gasteiger partial charge is 0.265 e. The molecule has 0 bridgehead atoms. The summed E-state index contributed by atoms with van der Waals surface area (Å²) in [5.74, 6) is 2.28. The molecule has 4 aromatic carbocycles. The monoisotopic (exact) mass is 892 g/mol. The molecule has 0 saturated carbocycles. The molecule has 320 valence electrons. The van der Waals surface area contributed by atoms with Crippen molar-refractivity contribution in [1.29, 1.82) is 0 Å². The highest BCUT2D eigenvalue weighted by molar-refractivity contribution is 7.13. The van der Waals surface area contributed by atoms with Crippen LogP contribution in [0.3, 0.4) is 0 Å². The molecule has 0 radical (unpaired) electrons. The van der Waals surface area contributed by atoms with E-state index in [4.69, 9.17) is 35.5 Å². The first kappa shape index (κ1) is 46.3. The minimum absolute atomic E-state index is 0.00171. The summed E-state index contributed by atoms with van der Waals surface area (Å²) in [5.41, 5.74) is 6.07. The van der Waals surface area contributed by atoms with Crippen molar-refractivity contribution in [2.75, 3.05) is 40.9 Å². The van der Waals surface area contributed by atoms with Crippen molar-refractivity contribution in [1.82, 2.24) is 14.5 Å². The van der Waals surface area contributed by atoms with Gasteiger partial charge in [0, 0.05) is 50.8 Å². The molecule has 15 heteroatoms. The lowest BCUT2D eigenvalue weighted by Gasteiger charge is -2.15. The third kappa shape index (κ3) is 12.4. The average molecular weight is 893 g/mol. The van der Waals surface area contributed by atoms with Crippen molar-refractivity contribution in [3.05, 3.63) is 152 Å². The number of carbonyl (C=O) groups is 2. The maximum Gasteiger partial charge on any atom is 0.265 e. The first-order valence-corrected chi connectivity index (χ1v) is 21.0. The van der Waals surface area contributed by atoms with Gasteiger partial charge in [-0.25, -0.2) is 9.97 Å². The fourth-order valence-corrected chi connectivity index (χ4v) is 7.53. The van der Waals surface area contributed by atoms with Crippen LogP contribution in [-0.2, 0) is 20.7 Å². The molecule has 0 aliphatic rings. The summed E-state index contributed by atoms with van der Waals surface area (Å²) in [4.78, 5) is 45.1. The molecule has 62 heavy (non-hydrogen) atoms. The van der Waals surface area contributed by atoms with Crippen molar-refractivity contribution >= 4 is 51.7 Å². The fraction of sp³-hybridized carbons (Fsp3) is 0.170. The number of thiazole rings is 2. The number of rotatable bonds is 13. The molecule has 1 amide bonds. The van der Waals surface area contributed by atoms with Crippen molar-refractivity contribution in [3.8, 4) is 61.8 Å². The van der Waals surface area contributed by atoms with Crippen LogP contribution in [0, 0.1) is 6.92 Å². The Labute approximate surface area is 373 Å². The van der Waals surface area contributed by atoms with Gasteiger partial charge in [0.25, 0.3) is 5.56 Å². The van der Waals surface area contributed by atoms with Gasteiger partial charge in [-0.15, -0.1) is 22.7 Å². The number of nitrogens with zero attached hydrogens (tertiary/aromatic N) is 3. The molecule has 0 fully saturated rings. The third-order valence-electron chi connectivity index (χ3n) is 8.83. The molecular weight excluding hydrogens is 848 g/mol. The number of pyridine rings is 1. The van der Waals surface area contributed by atoms with E-state index >= 15 is 0 Å². The zero-order chi connectivity index (χ0) is 44.6. The second-order valence-electron chi connectivity index (χ2n) is 13.0. The lowest BCUT2D eigenvalue weighted by Crippen LogP contribution is -2.22. The molecule has 7 rings (SSSR count). The summed E-state index contributed by atoms with van der Waals surface area (Å²) in [6.45, 7) is 3.36. The van der Waals surface area contributed by atoms with E-state index < -0.39 is 0 Å². The summed E-state index contributed by atoms with van der Waals surface area (Å²) < 4.78 is 27.4. The predicted octanol–water partition coefficient (Wildman–Crippen LogP) is 10.4. The number of nitrogens with one attached hydrogen (secondary N) is 1. The van der Waals surface area contributed by atoms with E-state index in [0.29, 0.717) is 50.0 Å². The van der Waals surface area contributed by atoms with Gasteiger partial charge in [0.1, 0.15) is 33.0 Å². The molecule has 3 heterocycles. The van der Waals surface area contributed by atoms with Crippen LogP contribution < -0.4 is 29.8 Å². The quantitative estimate of drug-likeness (QED) is 0.0879. The van der Waals surface area contributed by atoms with Gasteiger partial charge < -0.3 is 29.0 Å². The molecule has 3 aromatic heterocycles. The van der Waals surface area contributed by atoms with Crippen LogP contribution >= 0.6 is 34.3 Å². The molecule has 1 N–H and O–H groups in total.